The van der Waals surface area contributed by atoms with E-state index >= 15 is 0 Å². The summed E-state index contributed by atoms with van der Waals surface area (Å²) in [6.45, 7) is 5.41. The maximum atomic E-state index is 12.0. The van der Waals surface area contributed by atoms with Crippen molar-refractivity contribution in [1.82, 2.24) is 24.7 Å². The lowest BCUT2D eigenvalue weighted by molar-refractivity contribution is 0.0636. The summed E-state index contributed by atoms with van der Waals surface area (Å²) in [5.74, 6) is 0.510. The molecule has 0 aromatic carbocycles. The molecule has 0 aliphatic rings. The Labute approximate surface area is 146 Å². The number of hydrogen-bond acceptors (Lipinski definition) is 5. The lowest BCUT2D eigenvalue weighted by atomic mass is 10.2. The summed E-state index contributed by atoms with van der Waals surface area (Å²) in [6, 6.07) is 1.82. The number of fused-ring (bicyclic) bond motifs is 1. The summed E-state index contributed by atoms with van der Waals surface area (Å²) in [5, 5.41) is 7.07. The van der Waals surface area contributed by atoms with E-state index in [1.807, 2.05) is 6.07 Å². The first kappa shape index (κ1) is 16.4. The number of aryl methyl sites for hydroxylation is 1. The smallest absolute Gasteiger partial charge is 0.412 e. The predicted molar refractivity (Wildman–Crippen MR) is 93.6 cm³/mol. The number of nitrogens with zero attached hydrogens (tertiary/aromatic N) is 4. The fourth-order valence-corrected chi connectivity index (χ4v) is 2.56. The normalized spacial score (nSPS) is 11.7. The van der Waals surface area contributed by atoms with Gasteiger partial charge in [0.15, 0.2) is 17.2 Å². The molecule has 24 heavy (non-hydrogen) atoms. The van der Waals surface area contributed by atoms with Gasteiger partial charge < -0.3 is 9.72 Å². The van der Waals surface area contributed by atoms with E-state index in [1.165, 1.54) is 0 Å². The Bertz CT molecular complexity index is 908. The van der Waals surface area contributed by atoms with Crippen LogP contribution >= 0.6 is 15.9 Å². The van der Waals surface area contributed by atoms with Crippen LogP contribution in [-0.4, -0.2) is 36.4 Å². The van der Waals surface area contributed by atoms with Crippen molar-refractivity contribution < 1.29 is 9.53 Å². The fourth-order valence-electron chi connectivity index (χ4n) is 2.16. The Kier molecular flexibility index (Phi) is 4.04. The Balaban J connectivity index is 1.96. The molecule has 126 valence electrons. The highest BCUT2D eigenvalue weighted by molar-refractivity contribution is 9.10. The molecule has 0 bridgehead atoms. The number of H-pyrrole nitrogens is 1. The van der Waals surface area contributed by atoms with E-state index in [2.05, 4.69) is 41.3 Å². The molecule has 3 aromatic heterocycles. The third-order valence-corrected chi connectivity index (χ3v) is 3.69. The standard InChI is InChI=1S/C15H17BrN6O2/c1-15(2,3)24-14(23)18-9-7-22(4)21-11(9)13-19-10-8(16)5-6-17-12(10)20-13/h5-7H,1-4H3,(H,18,23)(H,17,19,20). The Morgan fingerprint density at radius 1 is 1.42 bits per heavy atom. The number of rotatable bonds is 2. The molecule has 0 aliphatic heterocycles. The van der Waals surface area contributed by atoms with Gasteiger partial charge in [0.05, 0.1) is 11.2 Å². The zero-order valence-corrected chi connectivity index (χ0v) is 15.3. The van der Waals surface area contributed by atoms with Gasteiger partial charge in [0.2, 0.25) is 0 Å². The molecule has 0 fully saturated rings. The third kappa shape index (κ3) is 3.40. The van der Waals surface area contributed by atoms with Gasteiger partial charge in [-0.25, -0.2) is 14.8 Å². The summed E-state index contributed by atoms with van der Waals surface area (Å²) < 4.78 is 7.73. The summed E-state index contributed by atoms with van der Waals surface area (Å²) >= 11 is 3.45. The molecule has 3 rings (SSSR count). The van der Waals surface area contributed by atoms with Crippen LogP contribution in [0.3, 0.4) is 0 Å². The summed E-state index contributed by atoms with van der Waals surface area (Å²) in [7, 11) is 1.76. The molecule has 1 amide bonds. The number of carbonyl (C=O) groups is 1. The van der Waals surface area contributed by atoms with E-state index in [1.54, 1.807) is 44.9 Å². The van der Waals surface area contributed by atoms with E-state index in [-0.39, 0.29) is 0 Å². The van der Waals surface area contributed by atoms with E-state index in [9.17, 15) is 4.79 Å². The van der Waals surface area contributed by atoms with Crippen molar-refractivity contribution in [2.75, 3.05) is 5.32 Å². The van der Waals surface area contributed by atoms with Crippen LogP contribution in [0.4, 0.5) is 10.5 Å². The van der Waals surface area contributed by atoms with E-state index in [0.717, 1.165) is 9.99 Å². The molecule has 3 aromatic rings. The van der Waals surface area contributed by atoms with Gasteiger partial charge in [0, 0.05) is 23.9 Å². The van der Waals surface area contributed by atoms with Crippen LogP contribution in [0.2, 0.25) is 0 Å². The van der Waals surface area contributed by atoms with E-state index in [0.29, 0.717) is 22.9 Å². The molecule has 9 heteroatoms. The third-order valence-electron chi connectivity index (χ3n) is 3.03. The molecule has 0 aliphatic carbocycles. The van der Waals surface area contributed by atoms with Gasteiger partial charge in [0.1, 0.15) is 5.60 Å². The zero-order chi connectivity index (χ0) is 17.5. The maximum absolute atomic E-state index is 12.0. The zero-order valence-electron chi connectivity index (χ0n) is 13.7. The second-order valence-corrected chi connectivity index (χ2v) is 7.12. The van der Waals surface area contributed by atoms with Gasteiger partial charge in [-0.05, 0) is 42.8 Å². The number of halogens is 1. The number of carbonyl (C=O) groups excluding carboxylic acids is 1. The molecular weight excluding hydrogens is 376 g/mol. The van der Waals surface area contributed by atoms with Gasteiger partial charge in [-0.2, -0.15) is 5.10 Å². The second kappa shape index (κ2) is 5.90. The van der Waals surface area contributed by atoms with Crippen molar-refractivity contribution in [3.8, 4) is 11.5 Å². The van der Waals surface area contributed by atoms with Crippen molar-refractivity contribution in [1.29, 1.82) is 0 Å². The molecular formula is C15H17BrN6O2. The van der Waals surface area contributed by atoms with Crippen molar-refractivity contribution in [2.24, 2.45) is 7.05 Å². The maximum Gasteiger partial charge on any atom is 0.412 e. The van der Waals surface area contributed by atoms with Crippen LogP contribution in [0, 0.1) is 0 Å². The Morgan fingerprint density at radius 2 is 2.17 bits per heavy atom. The highest BCUT2D eigenvalue weighted by Gasteiger charge is 2.21. The second-order valence-electron chi connectivity index (χ2n) is 6.27. The summed E-state index contributed by atoms with van der Waals surface area (Å²) in [4.78, 5) is 23.8. The minimum Gasteiger partial charge on any atom is -0.444 e. The summed E-state index contributed by atoms with van der Waals surface area (Å²) in [6.07, 6.45) is 2.80. The van der Waals surface area contributed by atoms with Crippen molar-refractivity contribution >= 4 is 38.9 Å². The van der Waals surface area contributed by atoms with Crippen molar-refractivity contribution in [3.05, 3.63) is 22.9 Å². The minimum atomic E-state index is -0.583. The monoisotopic (exact) mass is 392 g/mol. The van der Waals surface area contributed by atoms with Crippen LogP contribution in [0.25, 0.3) is 22.7 Å². The molecule has 8 nitrogen and oxygen atoms in total. The lowest BCUT2D eigenvalue weighted by Crippen LogP contribution is -2.27. The van der Waals surface area contributed by atoms with Gasteiger partial charge in [-0.15, -0.1) is 0 Å². The average Bonchev–Trinajstić information content (AvgIpc) is 3.01. The number of hydrogen-bond donors (Lipinski definition) is 2. The largest absolute Gasteiger partial charge is 0.444 e. The van der Waals surface area contributed by atoms with E-state index < -0.39 is 11.7 Å². The van der Waals surface area contributed by atoms with Crippen LogP contribution in [0.1, 0.15) is 20.8 Å². The lowest BCUT2D eigenvalue weighted by Gasteiger charge is -2.19. The molecule has 2 N–H and O–H groups in total. The average molecular weight is 393 g/mol. The van der Waals surface area contributed by atoms with Crippen molar-refractivity contribution in [3.63, 3.8) is 0 Å². The number of ether oxygens (including phenoxy) is 1. The molecule has 0 spiro atoms. The molecule has 0 radical (unpaired) electrons. The number of nitrogens with one attached hydrogen (secondary N) is 2. The molecule has 3 heterocycles. The number of aromatic amines is 1. The SMILES string of the molecule is Cn1cc(NC(=O)OC(C)(C)C)c(-c2nc3nccc(Br)c3[nH]2)n1. The number of anilines is 1. The van der Waals surface area contributed by atoms with Crippen LogP contribution in [0.15, 0.2) is 22.9 Å². The number of imidazole rings is 1. The van der Waals surface area contributed by atoms with Crippen molar-refractivity contribution in [2.45, 2.75) is 26.4 Å². The van der Waals surface area contributed by atoms with Crippen LogP contribution in [-0.2, 0) is 11.8 Å². The first-order valence-corrected chi connectivity index (χ1v) is 8.06. The predicted octanol–water partition coefficient (Wildman–Crippen LogP) is 3.47. The minimum absolute atomic E-state index is 0.502. The molecule has 0 atom stereocenters. The fraction of sp³-hybridized carbons (Fsp3) is 0.333. The Morgan fingerprint density at radius 3 is 2.83 bits per heavy atom. The number of pyridine rings is 1. The molecule has 0 saturated heterocycles. The molecule has 0 saturated carbocycles. The topological polar surface area (TPSA) is 97.7 Å². The van der Waals surface area contributed by atoms with Gasteiger partial charge in [-0.1, -0.05) is 0 Å². The Hall–Kier alpha value is -2.42. The van der Waals surface area contributed by atoms with Crippen LogP contribution in [0.5, 0.6) is 0 Å². The number of amides is 1. The van der Waals surface area contributed by atoms with Gasteiger partial charge in [0.25, 0.3) is 0 Å². The quantitative estimate of drug-likeness (QED) is 0.695. The summed E-state index contributed by atoms with van der Waals surface area (Å²) in [5.41, 5.74) is 1.76. The van der Waals surface area contributed by atoms with Gasteiger partial charge >= 0.3 is 6.09 Å². The van der Waals surface area contributed by atoms with E-state index in [4.69, 9.17) is 4.74 Å². The first-order chi connectivity index (χ1) is 11.2. The highest BCUT2D eigenvalue weighted by atomic mass is 79.9. The molecule has 0 unspecified atom stereocenters. The van der Waals surface area contributed by atoms with Crippen LogP contribution < -0.4 is 5.32 Å². The highest BCUT2D eigenvalue weighted by Crippen LogP contribution is 2.28. The van der Waals surface area contributed by atoms with Gasteiger partial charge in [-0.3, -0.25) is 10.00 Å². The number of aromatic nitrogens is 5. The first-order valence-electron chi connectivity index (χ1n) is 7.27.